The molecule has 1 fully saturated rings. The summed E-state index contributed by atoms with van der Waals surface area (Å²) in [5.41, 5.74) is 1.28. The van der Waals surface area contributed by atoms with Gasteiger partial charge in [-0.2, -0.15) is 0 Å². The molecule has 2 rings (SSSR count). The smallest absolute Gasteiger partial charge is 0.0900 e. The molecule has 2 heterocycles. The maximum Gasteiger partial charge on any atom is 0.0900 e. The average molecular weight is 295 g/mol. The molecular formula is C16H29N3S. The zero-order valence-corrected chi connectivity index (χ0v) is 14.4. The summed E-state index contributed by atoms with van der Waals surface area (Å²) in [6, 6.07) is 0.982. The number of nitrogens with one attached hydrogen (secondary N) is 1. The van der Waals surface area contributed by atoms with Crippen LogP contribution in [0.2, 0.25) is 0 Å². The molecule has 1 aromatic rings. The first-order chi connectivity index (χ1) is 9.49. The summed E-state index contributed by atoms with van der Waals surface area (Å²) in [5.74, 6) is 0.786. The van der Waals surface area contributed by atoms with Gasteiger partial charge in [0.15, 0.2) is 0 Å². The zero-order chi connectivity index (χ0) is 14.7. The molecule has 1 aliphatic rings. The van der Waals surface area contributed by atoms with E-state index in [0.29, 0.717) is 12.1 Å². The molecule has 0 radical (unpaired) electrons. The Morgan fingerprint density at radius 2 is 2.10 bits per heavy atom. The van der Waals surface area contributed by atoms with Crippen LogP contribution >= 0.6 is 11.3 Å². The number of thiazole rings is 1. The van der Waals surface area contributed by atoms with Gasteiger partial charge in [-0.15, -0.1) is 11.3 Å². The monoisotopic (exact) mass is 295 g/mol. The van der Waals surface area contributed by atoms with Crippen molar-refractivity contribution in [1.29, 1.82) is 0 Å². The molecule has 3 nitrogen and oxygen atoms in total. The molecule has 0 saturated carbocycles. The molecule has 1 saturated heterocycles. The van der Waals surface area contributed by atoms with Gasteiger partial charge in [-0.3, -0.25) is 4.90 Å². The minimum absolute atomic E-state index is 0.418. The van der Waals surface area contributed by atoms with Gasteiger partial charge in [0.1, 0.15) is 0 Å². The van der Waals surface area contributed by atoms with E-state index in [2.05, 4.69) is 44.8 Å². The summed E-state index contributed by atoms with van der Waals surface area (Å²) < 4.78 is 0. The van der Waals surface area contributed by atoms with Crippen LogP contribution in [0.5, 0.6) is 0 Å². The summed E-state index contributed by atoms with van der Waals surface area (Å²) in [4.78, 5) is 8.77. The van der Waals surface area contributed by atoms with Crippen LogP contribution in [-0.2, 0) is 0 Å². The van der Waals surface area contributed by atoms with Gasteiger partial charge in [-0.05, 0) is 66.5 Å². The second-order valence-corrected chi connectivity index (χ2v) is 7.76. The lowest BCUT2D eigenvalue weighted by molar-refractivity contribution is 0.124. The molecule has 114 valence electrons. The largest absolute Gasteiger partial charge is 0.316 e. The van der Waals surface area contributed by atoms with Crippen LogP contribution in [0.1, 0.15) is 55.2 Å². The number of rotatable bonds is 5. The summed E-state index contributed by atoms with van der Waals surface area (Å²) in [6.07, 6.45) is 2.68. The Hall–Kier alpha value is -0.450. The van der Waals surface area contributed by atoms with Crippen molar-refractivity contribution < 1.29 is 0 Å². The van der Waals surface area contributed by atoms with Gasteiger partial charge < -0.3 is 5.32 Å². The van der Waals surface area contributed by atoms with E-state index in [-0.39, 0.29) is 0 Å². The van der Waals surface area contributed by atoms with E-state index < -0.39 is 0 Å². The van der Waals surface area contributed by atoms with Crippen molar-refractivity contribution in [2.75, 3.05) is 19.6 Å². The Morgan fingerprint density at radius 3 is 2.60 bits per heavy atom. The SMILES string of the molecule is Cc1nc(C(C)N(CC2CCCNC2)C(C)C)c(C)s1. The van der Waals surface area contributed by atoms with E-state index in [9.17, 15) is 0 Å². The Labute approximate surface area is 127 Å². The predicted molar refractivity (Wildman–Crippen MR) is 87.4 cm³/mol. The summed E-state index contributed by atoms with van der Waals surface area (Å²) in [5, 5.41) is 4.72. The lowest BCUT2D eigenvalue weighted by atomic mass is 9.97. The highest BCUT2D eigenvalue weighted by molar-refractivity contribution is 7.11. The van der Waals surface area contributed by atoms with Crippen LogP contribution < -0.4 is 5.32 Å². The molecule has 1 aliphatic heterocycles. The van der Waals surface area contributed by atoms with Crippen molar-refractivity contribution in [3.63, 3.8) is 0 Å². The molecule has 0 spiro atoms. The molecule has 0 bridgehead atoms. The maximum atomic E-state index is 4.77. The van der Waals surface area contributed by atoms with E-state index in [1.165, 1.54) is 48.1 Å². The highest BCUT2D eigenvalue weighted by Crippen LogP contribution is 2.29. The minimum atomic E-state index is 0.418. The molecule has 1 N–H and O–H groups in total. The Bertz CT molecular complexity index is 421. The molecule has 1 aromatic heterocycles. The standard InChI is InChI=1S/C16H29N3S/c1-11(2)19(10-15-7-6-8-17-9-15)12(3)16-13(4)20-14(5)18-16/h11-12,15,17H,6-10H2,1-5H3. The van der Waals surface area contributed by atoms with Crippen LogP contribution in [0.3, 0.4) is 0 Å². The molecule has 0 aromatic carbocycles. The van der Waals surface area contributed by atoms with Crippen LogP contribution in [0, 0.1) is 19.8 Å². The number of hydrogen-bond acceptors (Lipinski definition) is 4. The van der Waals surface area contributed by atoms with Gasteiger partial charge in [0.25, 0.3) is 0 Å². The van der Waals surface area contributed by atoms with Crippen molar-refractivity contribution in [3.8, 4) is 0 Å². The van der Waals surface area contributed by atoms with Crippen LogP contribution in [-0.4, -0.2) is 35.6 Å². The molecular weight excluding hydrogens is 266 g/mol. The van der Waals surface area contributed by atoms with Crippen molar-refractivity contribution in [2.45, 2.75) is 59.5 Å². The summed E-state index contributed by atoms with van der Waals surface area (Å²) in [6.45, 7) is 14.8. The van der Waals surface area contributed by atoms with Gasteiger partial charge >= 0.3 is 0 Å². The molecule has 2 unspecified atom stereocenters. The van der Waals surface area contributed by atoms with Gasteiger partial charge in [0.05, 0.1) is 16.7 Å². The number of nitrogens with zero attached hydrogens (tertiary/aromatic N) is 2. The number of aromatic nitrogens is 1. The Kier molecular flexibility index (Phi) is 5.58. The second kappa shape index (κ2) is 7.01. The third-order valence-electron chi connectivity index (χ3n) is 4.36. The van der Waals surface area contributed by atoms with E-state index in [4.69, 9.17) is 4.98 Å². The minimum Gasteiger partial charge on any atom is -0.316 e. The fourth-order valence-corrected chi connectivity index (χ4v) is 4.19. The average Bonchev–Trinajstić information content (AvgIpc) is 2.75. The third kappa shape index (κ3) is 3.80. The Morgan fingerprint density at radius 1 is 1.35 bits per heavy atom. The number of hydrogen-bond donors (Lipinski definition) is 1. The van der Waals surface area contributed by atoms with Crippen molar-refractivity contribution in [3.05, 3.63) is 15.6 Å². The van der Waals surface area contributed by atoms with Crippen molar-refractivity contribution >= 4 is 11.3 Å². The molecule has 20 heavy (non-hydrogen) atoms. The van der Waals surface area contributed by atoms with Crippen LogP contribution in [0.25, 0.3) is 0 Å². The highest BCUT2D eigenvalue weighted by atomic mass is 32.1. The van der Waals surface area contributed by atoms with Gasteiger partial charge in [0.2, 0.25) is 0 Å². The summed E-state index contributed by atoms with van der Waals surface area (Å²) >= 11 is 1.82. The topological polar surface area (TPSA) is 28.2 Å². The third-order valence-corrected chi connectivity index (χ3v) is 5.27. The van der Waals surface area contributed by atoms with E-state index in [0.717, 1.165) is 5.92 Å². The predicted octanol–water partition coefficient (Wildman–Crippen LogP) is 3.53. The van der Waals surface area contributed by atoms with E-state index in [1.807, 2.05) is 11.3 Å². The first kappa shape index (κ1) is 15.9. The summed E-state index contributed by atoms with van der Waals surface area (Å²) in [7, 11) is 0. The zero-order valence-electron chi connectivity index (χ0n) is 13.6. The maximum absolute atomic E-state index is 4.77. The molecule has 0 amide bonds. The van der Waals surface area contributed by atoms with Crippen LogP contribution in [0.15, 0.2) is 0 Å². The normalized spacial score (nSPS) is 21.6. The second-order valence-electron chi connectivity index (χ2n) is 6.35. The fraction of sp³-hybridized carbons (Fsp3) is 0.812. The van der Waals surface area contributed by atoms with Crippen molar-refractivity contribution in [2.24, 2.45) is 5.92 Å². The lowest BCUT2D eigenvalue weighted by Gasteiger charge is -2.36. The molecule has 4 heteroatoms. The first-order valence-corrected chi connectivity index (χ1v) is 8.71. The molecule has 0 aliphatic carbocycles. The quantitative estimate of drug-likeness (QED) is 0.900. The van der Waals surface area contributed by atoms with E-state index >= 15 is 0 Å². The highest BCUT2D eigenvalue weighted by Gasteiger charge is 2.26. The number of piperidine rings is 1. The van der Waals surface area contributed by atoms with Gasteiger partial charge in [-0.25, -0.2) is 4.98 Å². The van der Waals surface area contributed by atoms with Crippen molar-refractivity contribution in [1.82, 2.24) is 15.2 Å². The lowest BCUT2D eigenvalue weighted by Crippen LogP contribution is -2.42. The van der Waals surface area contributed by atoms with Gasteiger partial charge in [-0.1, -0.05) is 0 Å². The Balaban J connectivity index is 2.09. The fourth-order valence-electron chi connectivity index (χ4n) is 3.28. The number of aryl methyl sites for hydroxylation is 2. The van der Waals surface area contributed by atoms with Crippen LogP contribution in [0.4, 0.5) is 0 Å². The van der Waals surface area contributed by atoms with E-state index in [1.54, 1.807) is 0 Å². The molecule has 2 atom stereocenters. The van der Waals surface area contributed by atoms with Gasteiger partial charge in [0, 0.05) is 17.5 Å². The first-order valence-electron chi connectivity index (χ1n) is 7.89.